The number of fused-ring (bicyclic) bond motifs is 1. The third-order valence-corrected chi connectivity index (χ3v) is 5.65. The van der Waals surface area contributed by atoms with Gasteiger partial charge in [0, 0.05) is 29.1 Å². The van der Waals surface area contributed by atoms with Gasteiger partial charge in [-0.1, -0.05) is 34.5 Å². The molecule has 19 heavy (non-hydrogen) atoms. The molecule has 1 heterocycles. The fraction of sp³-hybridized carbons (Fsp3) is 0.625. The number of halogens is 1. The Morgan fingerprint density at radius 1 is 1.32 bits per heavy atom. The Kier molecular flexibility index (Phi) is 3.97. The molecule has 0 spiro atoms. The molecule has 2 aliphatic rings. The zero-order valence-electron chi connectivity index (χ0n) is 11.6. The van der Waals surface area contributed by atoms with Crippen LogP contribution in [0.2, 0.25) is 0 Å². The summed E-state index contributed by atoms with van der Waals surface area (Å²) in [7, 11) is 0. The van der Waals surface area contributed by atoms with E-state index in [0.29, 0.717) is 18.1 Å². The molecule has 0 bridgehead atoms. The molecule has 2 nitrogen and oxygen atoms in total. The van der Waals surface area contributed by atoms with Gasteiger partial charge in [0.1, 0.15) is 0 Å². The highest BCUT2D eigenvalue weighted by Crippen LogP contribution is 2.42. The van der Waals surface area contributed by atoms with Crippen molar-refractivity contribution >= 4 is 15.9 Å². The van der Waals surface area contributed by atoms with Crippen LogP contribution >= 0.6 is 15.9 Å². The fourth-order valence-corrected chi connectivity index (χ4v) is 4.59. The summed E-state index contributed by atoms with van der Waals surface area (Å²) < 4.78 is 1.28. The van der Waals surface area contributed by atoms with E-state index in [1.54, 1.807) is 0 Å². The van der Waals surface area contributed by atoms with Crippen molar-refractivity contribution < 1.29 is 0 Å². The molecule has 1 aliphatic heterocycles. The van der Waals surface area contributed by atoms with Gasteiger partial charge in [-0.15, -0.1) is 0 Å². The van der Waals surface area contributed by atoms with Crippen molar-refractivity contribution in [3.8, 4) is 0 Å². The minimum atomic E-state index is 0.568. The van der Waals surface area contributed by atoms with E-state index < -0.39 is 0 Å². The van der Waals surface area contributed by atoms with E-state index in [1.165, 1.54) is 47.7 Å². The molecule has 0 radical (unpaired) electrons. The van der Waals surface area contributed by atoms with Gasteiger partial charge in [0.05, 0.1) is 0 Å². The molecule has 104 valence electrons. The second-order valence-corrected chi connectivity index (χ2v) is 6.83. The lowest BCUT2D eigenvalue weighted by Crippen LogP contribution is -2.50. The van der Waals surface area contributed by atoms with E-state index in [2.05, 4.69) is 46.0 Å². The summed E-state index contributed by atoms with van der Waals surface area (Å²) in [6.07, 6.45) is 6.36. The van der Waals surface area contributed by atoms with Gasteiger partial charge in [0.2, 0.25) is 0 Å². The topological polar surface area (TPSA) is 29.3 Å². The monoisotopic (exact) mass is 322 g/mol. The van der Waals surface area contributed by atoms with Gasteiger partial charge in [-0.2, -0.15) is 0 Å². The van der Waals surface area contributed by atoms with Gasteiger partial charge >= 0.3 is 0 Å². The summed E-state index contributed by atoms with van der Waals surface area (Å²) >= 11 is 3.70. The molecule has 3 unspecified atom stereocenters. The number of hydrogen-bond acceptors (Lipinski definition) is 2. The molecular weight excluding hydrogens is 300 g/mol. The van der Waals surface area contributed by atoms with E-state index in [4.69, 9.17) is 5.73 Å². The molecule has 1 saturated heterocycles. The lowest BCUT2D eigenvalue weighted by molar-refractivity contribution is 0.0497. The van der Waals surface area contributed by atoms with Crippen LogP contribution in [0, 0.1) is 0 Å². The molecule has 1 aromatic rings. The smallest absolute Gasteiger partial charge is 0.0360 e. The number of benzene rings is 1. The predicted octanol–water partition coefficient (Wildman–Crippen LogP) is 3.64. The summed E-state index contributed by atoms with van der Waals surface area (Å²) in [5.41, 5.74) is 9.07. The Hall–Kier alpha value is -0.380. The van der Waals surface area contributed by atoms with Gasteiger partial charge in [0.15, 0.2) is 0 Å². The second kappa shape index (κ2) is 5.55. The molecule has 2 N–H and O–H groups in total. The van der Waals surface area contributed by atoms with Crippen molar-refractivity contribution in [2.75, 3.05) is 6.54 Å². The molecule has 1 aromatic carbocycles. The number of rotatable bonds is 2. The van der Waals surface area contributed by atoms with Crippen LogP contribution in [0.25, 0.3) is 0 Å². The number of nitrogens with two attached hydrogens (primary N) is 1. The zero-order valence-corrected chi connectivity index (χ0v) is 13.2. The van der Waals surface area contributed by atoms with Crippen molar-refractivity contribution in [2.24, 2.45) is 5.73 Å². The largest absolute Gasteiger partial charge is 0.329 e. The van der Waals surface area contributed by atoms with Crippen molar-refractivity contribution in [1.82, 2.24) is 4.90 Å². The Morgan fingerprint density at radius 2 is 2.16 bits per heavy atom. The van der Waals surface area contributed by atoms with Crippen LogP contribution in [0.3, 0.4) is 0 Å². The van der Waals surface area contributed by atoms with Crippen molar-refractivity contribution in [3.63, 3.8) is 0 Å². The van der Waals surface area contributed by atoms with Crippen LogP contribution in [-0.4, -0.2) is 23.5 Å². The van der Waals surface area contributed by atoms with Crippen LogP contribution in [0.4, 0.5) is 0 Å². The maximum Gasteiger partial charge on any atom is 0.0360 e. The third-order valence-electron chi connectivity index (χ3n) is 4.90. The zero-order chi connectivity index (χ0) is 13.4. The second-order valence-electron chi connectivity index (χ2n) is 5.98. The van der Waals surface area contributed by atoms with Crippen molar-refractivity contribution in [3.05, 3.63) is 33.8 Å². The Morgan fingerprint density at radius 3 is 2.95 bits per heavy atom. The van der Waals surface area contributed by atoms with Crippen LogP contribution in [0.15, 0.2) is 22.7 Å². The number of likely N-dealkylation sites (tertiary alicyclic amines) is 1. The number of nitrogens with zero attached hydrogens (tertiary/aromatic N) is 1. The predicted molar refractivity (Wildman–Crippen MR) is 83.2 cm³/mol. The molecule has 3 heteroatoms. The molecule has 0 aromatic heterocycles. The maximum atomic E-state index is 6.02. The molecule has 3 atom stereocenters. The van der Waals surface area contributed by atoms with Gasteiger partial charge < -0.3 is 5.73 Å². The van der Waals surface area contributed by atoms with E-state index in [-0.39, 0.29) is 0 Å². The van der Waals surface area contributed by atoms with Gasteiger partial charge in [-0.05, 0) is 49.8 Å². The fourth-order valence-electron chi connectivity index (χ4n) is 4.01. The molecule has 1 fully saturated rings. The Balaban J connectivity index is 1.93. The molecule has 3 rings (SSSR count). The normalized spacial score (nSPS) is 31.4. The number of piperidine rings is 1. The van der Waals surface area contributed by atoms with Crippen LogP contribution in [-0.2, 0) is 6.42 Å². The highest BCUT2D eigenvalue weighted by atomic mass is 79.9. The Bertz CT molecular complexity index is 460. The average molecular weight is 323 g/mol. The molecule has 0 saturated carbocycles. The van der Waals surface area contributed by atoms with Gasteiger partial charge in [0.25, 0.3) is 0 Å². The summed E-state index contributed by atoms with van der Waals surface area (Å²) in [5.74, 6) is 0. The third kappa shape index (κ3) is 2.37. The lowest BCUT2D eigenvalue weighted by Gasteiger charge is -2.44. The minimum absolute atomic E-state index is 0.568. The van der Waals surface area contributed by atoms with Crippen LogP contribution < -0.4 is 5.73 Å². The average Bonchev–Trinajstić information content (AvgIpc) is 2.83. The number of hydrogen-bond donors (Lipinski definition) is 1. The van der Waals surface area contributed by atoms with Gasteiger partial charge in [-0.3, -0.25) is 4.90 Å². The summed E-state index contributed by atoms with van der Waals surface area (Å²) in [6.45, 7) is 3.17. The first-order chi connectivity index (χ1) is 9.22. The summed E-state index contributed by atoms with van der Waals surface area (Å²) in [6, 6.07) is 8.47. The first-order valence-electron chi connectivity index (χ1n) is 7.47. The van der Waals surface area contributed by atoms with E-state index >= 15 is 0 Å². The quantitative estimate of drug-likeness (QED) is 0.900. The van der Waals surface area contributed by atoms with Crippen LogP contribution in [0.1, 0.15) is 49.8 Å². The first-order valence-corrected chi connectivity index (χ1v) is 8.26. The molecular formula is C16H23BrN2. The highest BCUT2D eigenvalue weighted by molar-refractivity contribution is 9.10. The first kappa shape index (κ1) is 13.6. The van der Waals surface area contributed by atoms with E-state index in [0.717, 1.165) is 6.54 Å². The van der Waals surface area contributed by atoms with E-state index in [1.807, 2.05) is 0 Å². The molecule has 0 amide bonds. The summed E-state index contributed by atoms with van der Waals surface area (Å²) in [5, 5.41) is 0. The molecule has 1 aliphatic carbocycles. The lowest BCUT2D eigenvalue weighted by atomic mass is 9.92. The van der Waals surface area contributed by atoms with E-state index in [9.17, 15) is 0 Å². The standard InChI is InChI=1S/C16H23BrN2/c1-11-4-2-5-12(10-18)19(11)16-9-8-13-14(16)6-3-7-15(13)17/h3,6-7,11-12,16H,2,4-5,8-10,18H2,1H3. The Labute approximate surface area is 124 Å². The van der Waals surface area contributed by atoms with Gasteiger partial charge in [-0.25, -0.2) is 0 Å². The van der Waals surface area contributed by atoms with Crippen LogP contribution in [0.5, 0.6) is 0 Å². The SMILES string of the molecule is CC1CCCC(CN)N1C1CCc2c(Br)cccc21. The highest BCUT2D eigenvalue weighted by Gasteiger charge is 2.37. The summed E-state index contributed by atoms with van der Waals surface area (Å²) in [4.78, 5) is 2.71. The van der Waals surface area contributed by atoms with Crippen molar-refractivity contribution in [2.45, 2.75) is 57.2 Å². The maximum absolute atomic E-state index is 6.02. The van der Waals surface area contributed by atoms with Crippen molar-refractivity contribution in [1.29, 1.82) is 0 Å². The minimum Gasteiger partial charge on any atom is -0.329 e.